The van der Waals surface area contributed by atoms with Crippen LogP contribution in [0.4, 0.5) is 9.59 Å². The first kappa shape index (κ1) is 93.6. The molecule has 3 aliphatic heterocycles. The van der Waals surface area contributed by atoms with Crippen molar-refractivity contribution in [3.05, 3.63) is 109 Å². The number of benzene rings is 3. The maximum atomic E-state index is 13.6. The zero-order chi connectivity index (χ0) is 81.9. The number of aryl methyl sites for hydroxylation is 3. The van der Waals surface area contributed by atoms with Gasteiger partial charge in [0.05, 0.1) is 71.7 Å². The van der Waals surface area contributed by atoms with Crippen LogP contribution in [0.2, 0.25) is 19.0 Å². The normalized spacial score (nSPS) is 22.8. The van der Waals surface area contributed by atoms with E-state index in [9.17, 15) is 39.1 Å². The van der Waals surface area contributed by atoms with Gasteiger partial charge in [0.2, 0.25) is 0 Å². The average molecular weight is 1580 g/mol. The van der Waals surface area contributed by atoms with Gasteiger partial charge < -0.3 is 78.5 Å². The van der Waals surface area contributed by atoms with Gasteiger partial charge in [-0.2, -0.15) is 0 Å². The van der Waals surface area contributed by atoms with E-state index in [1.807, 2.05) is 100 Å². The molecule has 5 aromatic rings. The Morgan fingerprint density at radius 2 is 1.12 bits per heavy atom. The Morgan fingerprint density at radius 1 is 0.673 bits per heavy atom. The summed E-state index contributed by atoms with van der Waals surface area (Å²) < 4.78 is 55.9. The Balaban J connectivity index is 0.000000224. The molecule has 5 heterocycles. The van der Waals surface area contributed by atoms with Gasteiger partial charge in [0, 0.05) is 53.3 Å². The van der Waals surface area contributed by atoms with E-state index >= 15 is 0 Å². The van der Waals surface area contributed by atoms with E-state index in [1.165, 1.54) is 17.5 Å². The Kier molecular flexibility index (Phi) is 30.6. The fraction of sp³-hybridized carbons (Fsp3) is 0.633. The van der Waals surface area contributed by atoms with Gasteiger partial charge in [-0.05, 0) is 242 Å². The van der Waals surface area contributed by atoms with Crippen molar-refractivity contribution in [2.24, 2.45) is 45.3 Å². The summed E-state index contributed by atoms with van der Waals surface area (Å²) in [5.74, 6) is 2.82. The van der Waals surface area contributed by atoms with Gasteiger partial charge in [0.25, 0.3) is 0 Å². The van der Waals surface area contributed by atoms with E-state index in [0.717, 1.165) is 53.8 Å². The molecule has 0 radical (unpaired) electrons. The van der Waals surface area contributed by atoms with E-state index in [1.54, 1.807) is 50.0 Å². The molecule has 34 heteroatoms. The number of carbonyl (C=O) groups is 5. The monoisotopic (exact) mass is 1580 g/mol. The van der Waals surface area contributed by atoms with Crippen molar-refractivity contribution in [3.63, 3.8) is 0 Å². The van der Waals surface area contributed by atoms with Crippen molar-refractivity contribution < 1.29 is 140 Å². The number of carboxylic acids is 1. The van der Waals surface area contributed by atoms with Crippen LogP contribution in [0.25, 0.3) is 33.0 Å². The third kappa shape index (κ3) is 22.8. The number of amides is 2. The topological polar surface area (TPSA) is 392 Å². The molecular weight excluding hydrogens is 1470 g/mol. The molecule has 6 aliphatic carbocycles. The van der Waals surface area contributed by atoms with Gasteiger partial charge in [-0.25, -0.2) is 19.2 Å². The van der Waals surface area contributed by atoms with Crippen molar-refractivity contribution in [1.82, 2.24) is 40.6 Å². The largest absolute Gasteiger partial charge is 1.00 e. The van der Waals surface area contributed by atoms with Crippen LogP contribution in [0.15, 0.2) is 53.9 Å². The standard InChI is InChI=1S/C33H49BN4O6.C26H35BO4.C13H16BN4O5.C7H14N4O2.2Na/c1-20-21(13-14-34-43-26-18-22-17-25(32(22,8)9)33(26,10)44-34)11-12-23(27(20)28(39)41-30(2,3)4)24-19-38(37-36-24)16-15-35-29(40)42-31(5,6)7;1-9-17-10-11-18(16(2)22(17)23(28)29-24(3,4)5)12-13-27-30-21-15-19-14-20(25(19,6)7)26(21,8)31-27;15-5-6-18-7-10(16-17-18)9-2-1-8-3-4-14(21,22)23-12(8)11(9)13(19)20;1-7(2,3)13-6(12)9-4-5-10-11-8;;/h11-12,19,22,25-26H,13-18H2,1-10H3,(H,35,40);1,10-11,19-21H,12-15H2,2-8H3;1-2,7,21-22H,3-6,15H2,(H,19,20);4-5H2,1-3H3,(H,9,12);;/q;;-1;;2*+1/p-1/t22?,25?,26?,33-;19?,20?,21?,26-;;;;/m00..../s1. The minimum atomic E-state index is -3.08. The number of aromatic nitrogens is 6. The molecule has 2 aromatic heterocycles. The number of esters is 2. The maximum absolute atomic E-state index is 13.6. The van der Waals surface area contributed by atoms with E-state index < -0.39 is 53.3 Å². The van der Waals surface area contributed by atoms with E-state index in [0.29, 0.717) is 120 Å². The van der Waals surface area contributed by atoms with E-state index in [2.05, 4.69) is 88.7 Å². The summed E-state index contributed by atoms with van der Waals surface area (Å²) in [5, 5.41) is 55.8. The molecule has 6 unspecified atom stereocenters. The van der Waals surface area contributed by atoms with E-state index in [4.69, 9.17) is 59.9 Å². The predicted octanol–water partition coefficient (Wildman–Crippen LogP) is 5.16. The number of hydrogen-bond acceptors (Lipinski definition) is 23. The van der Waals surface area contributed by atoms with Gasteiger partial charge in [0.15, 0.2) is 0 Å². The molecule has 8 atom stereocenters. The fourth-order valence-electron chi connectivity index (χ4n) is 16.6. The predicted molar refractivity (Wildman–Crippen MR) is 418 cm³/mol. The summed E-state index contributed by atoms with van der Waals surface area (Å²) >= 11 is 0. The van der Waals surface area contributed by atoms with Crippen LogP contribution in [0.5, 0.6) is 5.75 Å². The van der Waals surface area contributed by atoms with Gasteiger partial charge in [0.1, 0.15) is 33.8 Å². The molecule has 2 saturated heterocycles. The molecule has 2 amide bonds. The summed E-state index contributed by atoms with van der Waals surface area (Å²) in [4.78, 5) is 63.5. The Labute approximate surface area is 709 Å². The van der Waals surface area contributed by atoms with Gasteiger partial charge >= 0.3 is 104 Å². The smallest absolute Gasteiger partial charge is 0.669 e. The molecule has 6 saturated carbocycles. The number of rotatable bonds is 19. The average Bonchev–Trinajstić information content (AvgIpc) is 1.64. The number of nitrogens with two attached hydrogens (primary N) is 1. The molecule has 3 aromatic carbocycles. The zero-order valence-corrected chi connectivity index (χ0v) is 74.3. The summed E-state index contributed by atoms with van der Waals surface area (Å²) in [5.41, 5.74) is 18.7. The van der Waals surface area contributed by atoms with Crippen LogP contribution < -0.4 is 85.2 Å². The zero-order valence-electron chi connectivity index (χ0n) is 70.3. The third-order valence-electron chi connectivity index (χ3n) is 22.3. The van der Waals surface area contributed by atoms with Gasteiger partial charge in [-0.15, -0.1) is 16.6 Å². The van der Waals surface area contributed by atoms with Crippen LogP contribution in [0.3, 0.4) is 0 Å². The number of alkyl carbamates (subject to hydrolysis) is 2. The van der Waals surface area contributed by atoms with Crippen molar-refractivity contribution in [2.75, 3.05) is 26.2 Å². The number of azide groups is 1. The SMILES string of the molecule is C#Cc1ccc(CCB2OC3CC4CC(C4(C)C)[C@]3(C)O2)c(C)c1C(=O)OC(C)(C)C.CC(C)(C)OC(=O)NCCN=[N+]=[N-].Cc1c(CCB2OC3CC4CC(C4(C)C)[C@]3(C)O2)ccc(-c2cn(CCNC(=O)OC(C)(C)C)nn2)c1C(=O)OC(C)(C)C.NCCn1cc(-c2ccc3c(c2C(=O)[O-])O[B-](O)(O)CC3)nn1.[Na+].[Na+]. The second-order valence-corrected chi connectivity index (χ2v) is 35.7. The van der Waals surface area contributed by atoms with E-state index in [-0.39, 0.29) is 132 Å². The second-order valence-electron chi connectivity index (χ2n) is 35.7. The molecule has 113 heavy (non-hydrogen) atoms. The number of aromatic carboxylic acids is 1. The Morgan fingerprint density at radius 3 is 1.57 bits per heavy atom. The summed E-state index contributed by atoms with van der Waals surface area (Å²) in [6.45, 7) is 38.8. The molecule has 29 nitrogen and oxygen atoms in total. The molecule has 4 bridgehead atoms. The second kappa shape index (κ2) is 37.0. The van der Waals surface area contributed by atoms with Crippen LogP contribution in [0.1, 0.15) is 215 Å². The van der Waals surface area contributed by atoms with Crippen LogP contribution in [-0.4, -0.2) is 163 Å². The number of carboxylic acid groups (broad SMARTS) is 1. The first-order valence-electron chi connectivity index (χ1n) is 38.6. The minimum Gasteiger partial charge on any atom is -0.669 e. The minimum absolute atomic E-state index is 0. The van der Waals surface area contributed by atoms with Crippen molar-refractivity contribution in [3.8, 4) is 40.6 Å². The molecule has 602 valence electrons. The van der Waals surface area contributed by atoms with Gasteiger partial charge in [-0.3, -0.25) is 9.36 Å². The number of nitrogens with zero attached hydrogens (tertiary/aromatic N) is 9. The van der Waals surface area contributed by atoms with Crippen molar-refractivity contribution >= 4 is 51.1 Å². The first-order chi connectivity index (χ1) is 51.6. The number of ether oxygens (including phenoxy) is 4. The summed E-state index contributed by atoms with van der Waals surface area (Å²) in [7, 11) is -0.472. The molecular formula is C79H113B3N12Na2O17. The maximum Gasteiger partial charge on any atom is 1.00 e. The van der Waals surface area contributed by atoms with Crippen molar-refractivity contribution in [1.29, 1.82) is 0 Å². The third-order valence-corrected chi connectivity index (χ3v) is 22.3. The molecule has 6 N–H and O–H groups in total. The van der Waals surface area contributed by atoms with Crippen LogP contribution in [-0.2, 0) is 69.9 Å². The number of fused-ring (bicyclic) bond motifs is 1. The Hall–Kier alpha value is -6.53. The Bertz CT molecular complexity index is 4350. The molecule has 0 spiro atoms. The summed E-state index contributed by atoms with van der Waals surface area (Å²) in [6.07, 6.45) is 16.2. The number of terminal acetylenes is 1. The number of hydrogen-bond donors (Lipinski definition) is 5. The molecule has 9 aliphatic rings. The summed E-state index contributed by atoms with van der Waals surface area (Å²) in [6, 6.07) is 11.1. The quantitative estimate of drug-likeness (QED) is 0.0104. The van der Waals surface area contributed by atoms with Gasteiger partial charge in [-0.1, -0.05) is 85.8 Å². The number of carbonyl (C=O) groups excluding carboxylic acids is 5. The first-order valence-corrected chi connectivity index (χ1v) is 38.6. The van der Waals surface area contributed by atoms with Crippen LogP contribution >= 0.6 is 0 Å². The van der Waals surface area contributed by atoms with Crippen molar-refractivity contribution in [2.45, 2.75) is 261 Å². The molecule has 14 rings (SSSR count). The fourth-order valence-corrected chi connectivity index (χ4v) is 16.6. The van der Waals surface area contributed by atoms with Crippen LogP contribution in [0, 0.1) is 60.7 Å². The molecule has 8 fully saturated rings. The number of nitrogens with one attached hydrogen (secondary N) is 2.